The molecule has 0 aliphatic carbocycles. The van der Waals surface area contributed by atoms with E-state index in [4.69, 9.17) is 10.5 Å². The second-order valence-electron chi connectivity index (χ2n) is 5.27. The van der Waals surface area contributed by atoms with E-state index in [2.05, 4.69) is 4.98 Å². The van der Waals surface area contributed by atoms with Crippen LogP contribution in [0.1, 0.15) is 11.1 Å². The number of aromatic nitrogens is 1. The number of fused-ring (bicyclic) bond motifs is 1. The summed E-state index contributed by atoms with van der Waals surface area (Å²) in [5.74, 6) is -1.49. The Bertz CT molecular complexity index is 891. The summed E-state index contributed by atoms with van der Waals surface area (Å²) in [7, 11) is 0. The Balaban J connectivity index is 2.18. The lowest BCUT2D eigenvalue weighted by Crippen LogP contribution is -2.15. The fourth-order valence-electron chi connectivity index (χ4n) is 2.39. The fraction of sp³-hybridized carbons (Fsp3) is 0.125. The van der Waals surface area contributed by atoms with E-state index in [1.807, 2.05) is 0 Å². The Morgan fingerprint density at radius 2 is 1.44 bits per heavy atom. The van der Waals surface area contributed by atoms with Gasteiger partial charge in [-0.15, -0.1) is 0 Å². The molecule has 0 saturated heterocycles. The molecule has 0 aliphatic heterocycles. The van der Waals surface area contributed by atoms with E-state index in [0.29, 0.717) is 23.0 Å². The van der Waals surface area contributed by atoms with Gasteiger partial charge >= 0.3 is 12.4 Å². The molecule has 25 heavy (non-hydrogen) atoms. The Hall–Kier alpha value is -2.84. The average molecular weight is 360 g/mol. The lowest BCUT2D eigenvalue weighted by Gasteiger charge is -2.19. The first-order valence-electron chi connectivity index (χ1n) is 6.88. The van der Waals surface area contributed by atoms with Crippen molar-refractivity contribution in [2.75, 3.05) is 5.73 Å². The van der Waals surface area contributed by atoms with Crippen molar-refractivity contribution in [1.29, 1.82) is 0 Å². The summed E-state index contributed by atoms with van der Waals surface area (Å²) in [6, 6.07) is 6.54. The number of benzene rings is 2. The number of hydrogen-bond acceptors (Lipinski definition) is 2. The normalized spacial score (nSPS) is 12.6. The van der Waals surface area contributed by atoms with E-state index in [1.165, 1.54) is 18.2 Å². The highest BCUT2D eigenvalue weighted by atomic mass is 19.4. The van der Waals surface area contributed by atoms with Gasteiger partial charge in [-0.1, -0.05) is 0 Å². The Morgan fingerprint density at radius 1 is 0.840 bits per heavy atom. The standard InChI is InChI=1S/C16H10F6N2O/c17-15(18,19)11-6-9(23)7-12(16(20,21)22)14(11)25-10-1-2-13-8(5-10)3-4-24-13/h1-7,24H,23H2. The molecule has 2 aromatic carbocycles. The lowest BCUT2D eigenvalue weighted by molar-refractivity contribution is -0.144. The van der Waals surface area contributed by atoms with Crippen molar-refractivity contribution in [3.05, 3.63) is 53.7 Å². The summed E-state index contributed by atoms with van der Waals surface area (Å²) in [6.07, 6.45) is -8.55. The number of halogens is 6. The van der Waals surface area contributed by atoms with Crippen LogP contribution in [0.5, 0.6) is 11.5 Å². The summed E-state index contributed by atoms with van der Waals surface area (Å²) in [4.78, 5) is 2.86. The number of ether oxygens (including phenoxy) is 1. The molecule has 0 atom stereocenters. The summed E-state index contributed by atoms with van der Waals surface area (Å²) in [5, 5.41) is 0.579. The first-order valence-corrected chi connectivity index (χ1v) is 6.88. The van der Waals surface area contributed by atoms with Crippen molar-refractivity contribution in [2.45, 2.75) is 12.4 Å². The fourth-order valence-corrected chi connectivity index (χ4v) is 2.39. The van der Waals surface area contributed by atoms with Crippen LogP contribution in [-0.2, 0) is 12.4 Å². The van der Waals surface area contributed by atoms with Gasteiger partial charge < -0.3 is 15.5 Å². The molecule has 9 heteroatoms. The molecule has 3 aromatic rings. The molecule has 132 valence electrons. The lowest BCUT2D eigenvalue weighted by atomic mass is 10.1. The van der Waals surface area contributed by atoms with E-state index >= 15 is 0 Å². The molecule has 0 unspecified atom stereocenters. The minimum absolute atomic E-state index is 0.159. The molecule has 0 aliphatic rings. The van der Waals surface area contributed by atoms with Crippen LogP contribution in [0.3, 0.4) is 0 Å². The highest BCUT2D eigenvalue weighted by Crippen LogP contribution is 2.47. The number of H-pyrrole nitrogens is 1. The molecule has 1 heterocycles. The van der Waals surface area contributed by atoms with Crippen molar-refractivity contribution < 1.29 is 31.1 Å². The maximum absolute atomic E-state index is 13.2. The van der Waals surface area contributed by atoms with Gasteiger partial charge in [0.1, 0.15) is 16.9 Å². The Kier molecular flexibility index (Phi) is 3.81. The number of nitrogens with one attached hydrogen (secondary N) is 1. The van der Waals surface area contributed by atoms with Crippen LogP contribution >= 0.6 is 0 Å². The van der Waals surface area contributed by atoms with Crippen LogP contribution in [-0.4, -0.2) is 4.98 Å². The van der Waals surface area contributed by atoms with Gasteiger partial charge in [0.05, 0.1) is 0 Å². The monoisotopic (exact) mass is 360 g/mol. The summed E-state index contributed by atoms with van der Waals surface area (Å²) < 4.78 is 84.2. The zero-order valence-electron chi connectivity index (χ0n) is 12.3. The van der Waals surface area contributed by atoms with E-state index in [9.17, 15) is 26.3 Å². The molecule has 1 aromatic heterocycles. The van der Waals surface area contributed by atoms with Crippen LogP contribution in [0.15, 0.2) is 42.6 Å². The number of nitrogen functional groups attached to an aromatic ring is 1. The van der Waals surface area contributed by atoms with Gasteiger partial charge in [0.2, 0.25) is 0 Å². The second kappa shape index (κ2) is 5.61. The van der Waals surface area contributed by atoms with Crippen molar-refractivity contribution in [1.82, 2.24) is 4.98 Å². The molecule has 3 N–H and O–H groups in total. The highest BCUT2D eigenvalue weighted by Gasteiger charge is 2.42. The minimum Gasteiger partial charge on any atom is -0.456 e. The van der Waals surface area contributed by atoms with Gasteiger partial charge in [-0.2, -0.15) is 26.3 Å². The molecule has 0 amide bonds. The minimum atomic E-state index is -5.07. The summed E-state index contributed by atoms with van der Waals surface area (Å²) in [6.45, 7) is 0. The average Bonchev–Trinajstić information content (AvgIpc) is 2.94. The zero-order chi connectivity index (χ0) is 18.4. The molecular formula is C16H10F6N2O. The number of nitrogens with two attached hydrogens (primary N) is 1. The maximum Gasteiger partial charge on any atom is 0.420 e. The van der Waals surface area contributed by atoms with Gasteiger partial charge in [-0.05, 0) is 36.4 Å². The van der Waals surface area contributed by atoms with E-state index in [-0.39, 0.29) is 5.75 Å². The van der Waals surface area contributed by atoms with E-state index in [0.717, 1.165) is 0 Å². The number of anilines is 1. The first kappa shape index (κ1) is 17.0. The summed E-state index contributed by atoms with van der Waals surface area (Å²) in [5.41, 5.74) is 2.04. The smallest absolute Gasteiger partial charge is 0.420 e. The SMILES string of the molecule is Nc1cc(C(F)(F)F)c(Oc2ccc3[nH]ccc3c2)c(C(F)(F)F)c1. The quantitative estimate of drug-likeness (QED) is 0.463. The van der Waals surface area contributed by atoms with Gasteiger partial charge in [0.25, 0.3) is 0 Å². The number of alkyl halides is 6. The summed E-state index contributed by atoms with van der Waals surface area (Å²) >= 11 is 0. The van der Waals surface area contributed by atoms with Crippen molar-refractivity contribution in [3.8, 4) is 11.5 Å². The zero-order valence-corrected chi connectivity index (χ0v) is 12.3. The van der Waals surface area contributed by atoms with Crippen LogP contribution < -0.4 is 10.5 Å². The third-order valence-corrected chi connectivity index (χ3v) is 3.47. The Morgan fingerprint density at radius 3 is 2.00 bits per heavy atom. The molecule has 0 saturated carbocycles. The topological polar surface area (TPSA) is 51.0 Å². The van der Waals surface area contributed by atoms with Crippen molar-refractivity contribution >= 4 is 16.6 Å². The van der Waals surface area contributed by atoms with Gasteiger partial charge in [-0.3, -0.25) is 0 Å². The van der Waals surface area contributed by atoms with Crippen LogP contribution in [0.2, 0.25) is 0 Å². The van der Waals surface area contributed by atoms with Gasteiger partial charge in [-0.25, -0.2) is 0 Å². The Labute approximate surface area is 137 Å². The third kappa shape index (κ3) is 3.35. The van der Waals surface area contributed by atoms with Gasteiger partial charge in [0.15, 0.2) is 5.75 Å². The van der Waals surface area contributed by atoms with Crippen LogP contribution in [0, 0.1) is 0 Å². The molecule has 3 nitrogen and oxygen atoms in total. The number of hydrogen-bond donors (Lipinski definition) is 2. The van der Waals surface area contributed by atoms with Crippen molar-refractivity contribution in [2.24, 2.45) is 0 Å². The maximum atomic E-state index is 13.2. The molecule has 0 radical (unpaired) electrons. The molecule has 0 fully saturated rings. The van der Waals surface area contributed by atoms with Crippen molar-refractivity contribution in [3.63, 3.8) is 0 Å². The second-order valence-corrected chi connectivity index (χ2v) is 5.27. The molecule has 0 bridgehead atoms. The highest BCUT2D eigenvalue weighted by molar-refractivity contribution is 5.80. The van der Waals surface area contributed by atoms with Crippen LogP contribution in [0.25, 0.3) is 10.9 Å². The van der Waals surface area contributed by atoms with Gasteiger partial charge in [0, 0.05) is 22.8 Å². The van der Waals surface area contributed by atoms with E-state index < -0.39 is 34.9 Å². The molecular weight excluding hydrogens is 350 g/mol. The van der Waals surface area contributed by atoms with E-state index in [1.54, 1.807) is 12.3 Å². The van der Waals surface area contributed by atoms with Crippen LogP contribution in [0.4, 0.5) is 32.0 Å². The first-order chi connectivity index (χ1) is 11.6. The largest absolute Gasteiger partial charge is 0.456 e. The number of aromatic amines is 1. The predicted molar refractivity (Wildman–Crippen MR) is 79.2 cm³/mol. The third-order valence-electron chi connectivity index (χ3n) is 3.47. The predicted octanol–water partition coefficient (Wildman–Crippen LogP) is 5.58. The molecule has 0 spiro atoms. The number of rotatable bonds is 2. The molecule has 3 rings (SSSR count).